The van der Waals surface area contributed by atoms with Crippen molar-refractivity contribution in [2.75, 3.05) is 6.54 Å². The van der Waals surface area contributed by atoms with Crippen molar-refractivity contribution in [1.29, 1.82) is 0 Å². The fourth-order valence-corrected chi connectivity index (χ4v) is 3.15. The summed E-state index contributed by atoms with van der Waals surface area (Å²) in [4.78, 5) is 28.5. The monoisotopic (exact) mass is 376 g/mol. The number of hydrogen-bond acceptors (Lipinski definition) is 4. The molecular formula is C22H24N4O2. The molecule has 1 amide bonds. The lowest BCUT2D eigenvalue weighted by Crippen LogP contribution is -2.26. The molecule has 3 aromatic rings. The van der Waals surface area contributed by atoms with Crippen molar-refractivity contribution in [3.05, 3.63) is 77.2 Å². The molecule has 3 rings (SSSR count). The number of ketones is 1. The summed E-state index contributed by atoms with van der Waals surface area (Å²) in [5.41, 5.74) is 3.69. The van der Waals surface area contributed by atoms with E-state index in [1.54, 1.807) is 18.3 Å². The highest BCUT2D eigenvalue weighted by atomic mass is 16.2. The number of amides is 1. The number of pyridine rings is 1. The molecule has 28 heavy (non-hydrogen) atoms. The summed E-state index contributed by atoms with van der Waals surface area (Å²) >= 11 is 0. The van der Waals surface area contributed by atoms with Crippen LogP contribution in [0, 0.1) is 13.8 Å². The van der Waals surface area contributed by atoms with Crippen molar-refractivity contribution in [1.82, 2.24) is 20.1 Å². The van der Waals surface area contributed by atoms with Crippen molar-refractivity contribution in [2.45, 2.75) is 33.1 Å². The molecule has 0 fully saturated rings. The van der Waals surface area contributed by atoms with Crippen LogP contribution >= 0.6 is 0 Å². The normalized spacial score (nSPS) is 10.6. The maximum absolute atomic E-state index is 12.1. The number of aromatic nitrogens is 3. The number of nitrogens with zero attached hydrogens (tertiary/aromatic N) is 3. The second kappa shape index (κ2) is 9.08. The minimum atomic E-state index is -0.114. The molecule has 1 N–H and O–H groups in total. The molecule has 0 bridgehead atoms. The number of carbonyl (C=O) groups is 2. The second-order valence-electron chi connectivity index (χ2n) is 6.64. The maximum Gasteiger partial charge on any atom is 0.220 e. The van der Waals surface area contributed by atoms with E-state index < -0.39 is 0 Å². The van der Waals surface area contributed by atoms with Gasteiger partial charge in [-0.25, -0.2) is 9.67 Å². The van der Waals surface area contributed by atoms with Gasteiger partial charge < -0.3 is 5.32 Å². The molecule has 0 aliphatic heterocycles. The second-order valence-corrected chi connectivity index (χ2v) is 6.64. The lowest BCUT2D eigenvalue weighted by Gasteiger charge is -2.07. The van der Waals surface area contributed by atoms with Gasteiger partial charge >= 0.3 is 0 Å². The average molecular weight is 376 g/mol. The van der Waals surface area contributed by atoms with Crippen molar-refractivity contribution in [3.63, 3.8) is 0 Å². The average Bonchev–Trinajstić information content (AvgIpc) is 3.01. The Kier molecular flexibility index (Phi) is 6.32. The summed E-state index contributed by atoms with van der Waals surface area (Å²) in [6.45, 7) is 4.47. The molecule has 0 saturated carbocycles. The molecule has 1 aromatic carbocycles. The van der Waals surface area contributed by atoms with Crippen LogP contribution in [0.15, 0.2) is 54.7 Å². The molecule has 0 aliphatic rings. The lowest BCUT2D eigenvalue weighted by molar-refractivity contribution is -0.121. The number of Topliss-reactive ketones (excluding diaryl/α,β-unsaturated/α-hetero) is 1. The van der Waals surface area contributed by atoms with Crippen LogP contribution in [0.5, 0.6) is 0 Å². The number of rotatable bonds is 8. The highest BCUT2D eigenvalue weighted by Gasteiger charge is 2.14. The van der Waals surface area contributed by atoms with Crippen LogP contribution in [0.2, 0.25) is 0 Å². The molecule has 0 unspecified atom stereocenters. The predicted octanol–water partition coefficient (Wildman–Crippen LogP) is 3.21. The molecule has 6 nitrogen and oxygen atoms in total. The number of aryl methyl sites for hydroxylation is 1. The molecule has 6 heteroatoms. The SMILES string of the molecule is Cc1nn(-c2ccccn2)c(C)c1CCNC(=O)CCC(=O)c1ccccc1. The number of carbonyl (C=O) groups excluding carboxylic acids is 2. The Labute approximate surface area is 164 Å². The Morgan fingerprint density at radius 2 is 1.75 bits per heavy atom. The Bertz CT molecular complexity index is 949. The summed E-state index contributed by atoms with van der Waals surface area (Å²) in [6, 6.07) is 14.8. The minimum absolute atomic E-state index is 0.0147. The number of nitrogens with one attached hydrogen (secondary N) is 1. The zero-order chi connectivity index (χ0) is 19.9. The van der Waals surface area contributed by atoms with Crippen LogP contribution in [-0.2, 0) is 11.2 Å². The molecule has 2 aromatic heterocycles. The smallest absolute Gasteiger partial charge is 0.220 e. The largest absolute Gasteiger partial charge is 0.356 e. The first-order valence-corrected chi connectivity index (χ1v) is 9.37. The summed E-state index contributed by atoms with van der Waals surface area (Å²) in [6.07, 6.45) is 2.83. The van der Waals surface area contributed by atoms with E-state index in [1.807, 2.05) is 54.9 Å². The van der Waals surface area contributed by atoms with Crippen LogP contribution in [0.1, 0.15) is 40.2 Å². The Hall–Kier alpha value is -3.28. The molecule has 0 spiro atoms. The van der Waals surface area contributed by atoms with Crippen molar-refractivity contribution in [3.8, 4) is 5.82 Å². The fourth-order valence-electron chi connectivity index (χ4n) is 3.15. The van der Waals surface area contributed by atoms with Crippen LogP contribution in [0.4, 0.5) is 0 Å². The van der Waals surface area contributed by atoms with Gasteiger partial charge in [-0.3, -0.25) is 9.59 Å². The highest BCUT2D eigenvalue weighted by Crippen LogP contribution is 2.16. The van der Waals surface area contributed by atoms with Gasteiger partial charge in [-0.05, 0) is 38.0 Å². The molecule has 0 radical (unpaired) electrons. The molecule has 0 atom stereocenters. The topological polar surface area (TPSA) is 76.9 Å². The summed E-state index contributed by atoms with van der Waals surface area (Å²) in [7, 11) is 0. The predicted molar refractivity (Wildman–Crippen MR) is 108 cm³/mol. The van der Waals surface area contributed by atoms with Crippen LogP contribution in [-0.4, -0.2) is 33.0 Å². The van der Waals surface area contributed by atoms with Crippen LogP contribution in [0.3, 0.4) is 0 Å². The first-order valence-electron chi connectivity index (χ1n) is 9.37. The van der Waals surface area contributed by atoms with Gasteiger partial charge in [0.1, 0.15) is 0 Å². The van der Waals surface area contributed by atoms with Gasteiger partial charge in [-0.1, -0.05) is 36.4 Å². The zero-order valence-electron chi connectivity index (χ0n) is 16.2. The van der Waals surface area contributed by atoms with Gasteiger partial charge in [0.15, 0.2) is 11.6 Å². The molecule has 0 saturated heterocycles. The van der Waals surface area contributed by atoms with Gasteiger partial charge in [0, 0.05) is 36.8 Å². The third-order valence-electron chi connectivity index (χ3n) is 4.68. The summed E-state index contributed by atoms with van der Waals surface area (Å²) in [5, 5.41) is 7.47. The van der Waals surface area contributed by atoms with Gasteiger partial charge in [-0.2, -0.15) is 5.10 Å². The van der Waals surface area contributed by atoms with E-state index in [4.69, 9.17) is 0 Å². The molecule has 2 heterocycles. The number of benzene rings is 1. The fraction of sp³-hybridized carbons (Fsp3) is 0.273. The van der Waals surface area contributed by atoms with Crippen LogP contribution in [0.25, 0.3) is 5.82 Å². The van der Waals surface area contributed by atoms with Crippen molar-refractivity contribution >= 4 is 11.7 Å². The first-order chi connectivity index (χ1) is 13.6. The molecule has 0 aliphatic carbocycles. The van der Waals surface area contributed by atoms with E-state index in [0.717, 1.165) is 22.8 Å². The van der Waals surface area contributed by atoms with Crippen LogP contribution < -0.4 is 5.32 Å². The Morgan fingerprint density at radius 1 is 1.00 bits per heavy atom. The highest BCUT2D eigenvalue weighted by molar-refractivity contribution is 5.97. The van der Waals surface area contributed by atoms with Crippen molar-refractivity contribution in [2.24, 2.45) is 0 Å². The Balaban J connectivity index is 1.50. The summed E-state index contributed by atoms with van der Waals surface area (Å²) < 4.78 is 1.82. The quantitative estimate of drug-likeness (QED) is 0.613. The third-order valence-corrected chi connectivity index (χ3v) is 4.68. The first kappa shape index (κ1) is 19.5. The van der Waals surface area contributed by atoms with E-state index in [2.05, 4.69) is 15.4 Å². The van der Waals surface area contributed by atoms with E-state index in [-0.39, 0.29) is 24.5 Å². The van der Waals surface area contributed by atoms with E-state index in [9.17, 15) is 9.59 Å². The third kappa shape index (κ3) is 4.71. The van der Waals surface area contributed by atoms with E-state index in [0.29, 0.717) is 18.5 Å². The standard InChI is InChI=1S/C22H24N4O2/c1-16-19(17(2)26(25-16)21-10-6-7-14-23-21)13-15-24-22(28)12-11-20(27)18-8-4-3-5-9-18/h3-10,14H,11-13,15H2,1-2H3,(H,24,28). The minimum Gasteiger partial charge on any atom is -0.356 e. The number of hydrogen-bond donors (Lipinski definition) is 1. The van der Waals surface area contributed by atoms with Crippen molar-refractivity contribution < 1.29 is 9.59 Å². The van der Waals surface area contributed by atoms with E-state index in [1.165, 1.54) is 0 Å². The molecule has 144 valence electrons. The Morgan fingerprint density at radius 3 is 2.46 bits per heavy atom. The van der Waals surface area contributed by atoms with Gasteiger partial charge in [0.05, 0.1) is 5.69 Å². The lowest BCUT2D eigenvalue weighted by atomic mass is 10.1. The molecular weight excluding hydrogens is 352 g/mol. The van der Waals surface area contributed by atoms with E-state index >= 15 is 0 Å². The zero-order valence-corrected chi connectivity index (χ0v) is 16.2. The maximum atomic E-state index is 12.1. The van der Waals surface area contributed by atoms with Gasteiger partial charge in [0.2, 0.25) is 5.91 Å². The van der Waals surface area contributed by atoms with Gasteiger partial charge in [0.25, 0.3) is 0 Å². The van der Waals surface area contributed by atoms with Gasteiger partial charge in [-0.15, -0.1) is 0 Å². The summed E-state index contributed by atoms with van der Waals surface area (Å²) in [5.74, 6) is 0.647.